The van der Waals surface area contributed by atoms with Crippen molar-refractivity contribution in [3.05, 3.63) is 185 Å². The first kappa shape index (κ1) is 45.6. The summed E-state index contributed by atoms with van der Waals surface area (Å²) in [5.74, 6) is 8.66. The SMILES string of the molecule is C#Cc1ccc(Cl)cc1.O=C1NCCNc2c(C#Cc3ccc(Cl)cc3)cccc21.O=C1NCCNc2c(I)cccc21.O=C1NCCn2c(-c3ccc(Cl)cc3)cc3cccc1c32. The van der Waals surface area contributed by atoms with Crippen LogP contribution < -0.4 is 26.6 Å². The maximum atomic E-state index is 12.1. The van der Waals surface area contributed by atoms with Gasteiger partial charge in [0.15, 0.2) is 0 Å². The number of halogens is 4. The molecule has 0 saturated heterocycles. The second kappa shape index (κ2) is 21.8. The van der Waals surface area contributed by atoms with Gasteiger partial charge in [-0.1, -0.05) is 89.0 Å². The molecule has 0 spiro atoms. The monoisotopic (exact) mass is 1020 g/mol. The molecule has 0 aliphatic carbocycles. The second-order valence-corrected chi connectivity index (χ2v) is 16.8. The molecule has 3 aliphatic rings. The van der Waals surface area contributed by atoms with Crippen molar-refractivity contribution < 1.29 is 14.4 Å². The summed E-state index contributed by atoms with van der Waals surface area (Å²) < 4.78 is 3.30. The van der Waals surface area contributed by atoms with Gasteiger partial charge in [-0.05, 0) is 125 Å². The second-order valence-electron chi connectivity index (χ2n) is 14.4. The van der Waals surface area contributed by atoms with E-state index in [0.717, 1.165) is 83.0 Å². The van der Waals surface area contributed by atoms with E-state index in [-0.39, 0.29) is 17.7 Å². The number of terminal acetylenes is 1. The number of rotatable bonds is 1. The number of carbonyl (C=O) groups excluding carboxylic acids is 3. The number of anilines is 2. The van der Waals surface area contributed by atoms with Crippen molar-refractivity contribution in [2.75, 3.05) is 43.4 Å². The van der Waals surface area contributed by atoms with E-state index in [2.05, 4.69) is 77.6 Å². The molecule has 4 heterocycles. The topological polar surface area (TPSA) is 116 Å². The molecule has 0 unspecified atom stereocenters. The van der Waals surface area contributed by atoms with Crippen LogP contribution in [0.15, 0.2) is 133 Å². The fourth-order valence-electron chi connectivity index (χ4n) is 7.04. The standard InChI is InChI=1S/2C17H13ClN2O.C9H9IN2O.C8H5Cl/c18-13-6-4-11(5-7-13)15-10-12-2-1-3-14-16(12)20(15)9-8-19-17(14)21;18-14-8-5-12(6-9-14)4-7-13-2-1-3-15-16(13)19-10-11-20-17(15)21;10-7-3-1-2-6-8(7)11-4-5-12-9(6)13;1-2-7-3-5-8(9)6-4-7/h1-7,10H,8-9H2,(H,19,21);1-3,5-6,8-9,19H,10-11H2,(H,20,21);1-3,11H,4-5H2,(H,12,13);1,3-6H. The lowest BCUT2D eigenvalue weighted by molar-refractivity contribution is 0.0949. The van der Waals surface area contributed by atoms with Crippen molar-refractivity contribution in [3.63, 3.8) is 0 Å². The minimum Gasteiger partial charge on any atom is -0.382 e. The third-order valence-electron chi connectivity index (χ3n) is 10.1. The van der Waals surface area contributed by atoms with Gasteiger partial charge in [0.1, 0.15) is 0 Å². The molecule has 3 aliphatic heterocycles. The number of hydrogen-bond donors (Lipinski definition) is 5. The van der Waals surface area contributed by atoms with Gasteiger partial charge in [-0.3, -0.25) is 14.4 Å². The van der Waals surface area contributed by atoms with Gasteiger partial charge in [-0.25, -0.2) is 0 Å². The third kappa shape index (κ3) is 11.4. The van der Waals surface area contributed by atoms with E-state index >= 15 is 0 Å². The van der Waals surface area contributed by atoms with Crippen molar-refractivity contribution >= 4 is 97.4 Å². The highest BCUT2D eigenvalue weighted by Crippen LogP contribution is 2.32. The van der Waals surface area contributed by atoms with E-state index in [9.17, 15) is 14.4 Å². The number of para-hydroxylation sites is 3. The fourth-order valence-corrected chi connectivity index (χ4v) is 8.11. The molecule has 0 saturated carbocycles. The van der Waals surface area contributed by atoms with Gasteiger partial charge < -0.3 is 31.2 Å². The van der Waals surface area contributed by atoms with Crippen LogP contribution in [0, 0.1) is 27.8 Å². The Morgan fingerprint density at radius 2 is 1.03 bits per heavy atom. The molecular formula is C51H40Cl3IN6O3. The summed E-state index contributed by atoms with van der Waals surface area (Å²) in [7, 11) is 0. The number of nitrogens with zero attached hydrogens (tertiary/aromatic N) is 1. The van der Waals surface area contributed by atoms with Crippen LogP contribution in [0.25, 0.3) is 22.2 Å². The number of amides is 3. The molecule has 9 nitrogen and oxygen atoms in total. The van der Waals surface area contributed by atoms with Gasteiger partial charge in [0.2, 0.25) is 0 Å². The molecule has 64 heavy (non-hydrogen) atoms. The number of carbonyl (C=O) groups is 3. The van der Waals surface area contributed by atoms with Crippen molar-refractivity contribution in [2.24, 2.45) is 0 Å². The van der Waals surface area contributed by atoms with Crippen molar-refractivity contribution in [3.8, 4) is 35.4 Å². The maximum absolute atomic E-state index is 12.1. The quantitative estimate of drug-likeness (QED) is 0.0830. The molecule has 0 bridgehead atoms. The van der Waals surface area contributed by atoms with E-state index in [1.54, 1.807) is 18.2 Å². The zero-order valence-electron chi connectivity index (χ0n) is 34.2. The molecule has 13 heteroatoms. The Morgan fingerprint density at radius 1 is 0.531 bits per heavy atom. The number of fused-ring (bicyclic) bond motifs is 2. The molecule has 0 atom stereocenters. The Bertz CT molecular complexity index is 2940. The van der Waals surface area contributed by atoms with Gasteiger partial charge in [0.25, 0.3) is 17.7 Å². The lowest BCUT2D eigenvalue weighted by Crippen LogP contribution is -2.24. The normalized spacial score (nSPS) is 13.2. The average Bonchev–Trinajstić information content (AvgIpc) is 3.41. The van der Waals surface area contributed by atoms with Crippen LogP contribution in [0.4, 0.5) is 11.4 Å². The summed E-state index contributed by atoms with van der Waals surface area (Å²) in [5.41, 5.74) is 9.67. The molecular weight excluding hydrogens is 978 g/mol. The third-order valence-corrected chi connectivity index (χ3v) is 11.8. The Morgan fingerprint density at radius 3 is 1.67 bits per heavy atom. The zero-order valence-corrected chi connectivity index (χ0v) is 38.6. The average molecular weight is 1020 g/mol. The summed E-state index contributed by atoms with van der Waals surface area (Å²) in [5, 5.41) is 18.3. The molecule has 7 aromatic rings. The van der Waals surface area contributed by atoms with Gasteiger partial charge in [-0.15, -0.1) is 6.42 Å². The summed E-state index contributed by atoms with van der Waals surface area (Å²) in [6, 6.07) is 41.6. The van der Waals surface area contributed by atoms with Gasteiger partial charge >= 0.3 is 0 Å². The van der Waals surface area contributed by atoms with Crippen molar-refractivity contribution in [1.29, 1.82) is 0 Å². The van der Waals surface area contributed by atoms with E-state index in [1.807, 2.05) is 109 Å². The van der Waals surface area contributed by atoms with Crippen LogP contribution in [-0.4, -0.2) is 55.0 Å². The molecule has 320 valence electrons. The fraction of sp³-hybridized carbons (Fsp3) is 0.118. The van der Waals surface area contributed by atoms with Crippen LogP contribution in [0.1, 0.15) is 47.8 Å². The van der Waals surface area contributed by atoms with Crippen LogP contribution in [-0.2, 0) is 6.54 Å². The predicted octanol–water partition coefficient (Wildman–Crippen LogP) is 10.4. The number of benzene rings is 6. The molecule has 5 N–H and O–H groups in total. The highest BCUT2D eigenvalue weighted by molar-refractivity contribution is 14.1. The zero-order chi connectivity index (χ0) is 45.0. The molecule has 0 radical (unpaired) electrons. The van der Waals surface area contributed by atoms with E-state index < -0.39 is 0 Å². The van der Waals surface area contributed by atoms with Crippen LogP contribution >= 0.6 is 57.4 Å². The molecule has 0 fully saturated rings. The van der Waals surface area contributed by atoms with Gasteiger partial charge in [-0.2, -0.15) is 0 Å². The molecule has 3 amide bonds. The first-order chi connectivity index (χ1) is 31.1. The summed E-state index contributed by atoms with van der Waals surface area (Å²) >= 11 is 19.7. The van der Waals surface area contributed by atoms with E-state index in [4.69, 9.17) is 41.2 Å². The first-order valence-electron chi connectivity index (χ1n) is 20.2. The largest absolute Gasteiger partial charge is 0.382 e. The highest BCUT2D eigenvalue weighted by atomic mass is 127. The predicted molar refractivity (Wildman–Crippen MR) is 269 cm³/mol. The Balaban J connectivity index is 0.000000134. The molecule has 1 aromatic heterocycles. The smallest absolute Gasteiger partial charge is 0.253 e. The number of aromatic nitrogens is 1. The molecule has 6 aromatic carbocycles. The van der Waals surface area contributed by atoms with Crippen LogP contribution in [0.3, 0.4) is 0 Å². The summed E-state index contributed by atoms with van der Waals surface area (Å²) in [6.07, 6.45) is 5.11. The van der Waals surface area contributed by atoms with Crippen LogP contribution in [0.5, 0.6) is 0 Å². The lowest BCUT2D eigenvalue weighted by atomic mass is 10.1. The maximum Gasteiger partial charge on any atom is 0.253 e. The first-order valence-corrected chi connectivity index (χ1v) is 22.4. The molecule has 10 rings (SSSR count). The summed E-state index contributed by atoms with van der Waals surface area (Å²) in [4.78, 5) is 35.6. The van der Waals surface area contributed by atoms with E-state index in [0.29, 0.717) is 41.8 Å². The van der Waals surface area contributed by atoms with Crippen LogP contribution in [0.2, 0.25) is 15.1 Å². The number of nitrogens with one attached hydrogen (secondary N) is 5. The van der Waals surface area contributed by atoms with Crippen molar-refractivity contribution in [1.82, 2.24) is 20.5 Å². The lowest BCUT2D eigenvalue weighted by Gasteiger charge is -2.09. The number of hydrogen-bond acceptors (Lipinski definition) is 5. The van der Waals surface area contributed by atoms with E-state index in [1.165, 1.54) is 0 Å². The Kier molecular flexibility index (Phi) is 15.5. The summed E-state index contributed by atoms with van der Waals surface area (Å²) in [6.45, 7) is 4.18. The van der Waals surface area contributed by atoms with Crippen molar-refractivity contribution in [2.45, 2.75) is 6.54 Å². The minimum absolute atomic E-state index is 0.0000983. The Labute approximate surface area is 400 Å². The highest BCUT2D eigenvalue weighted by Gasteiger charge is 2.21. The van der Waals surface area contributed by atoms with Gasteiger partial charge in [0.05, 0.1) is 33.6 Å². The van der Waals surface area contributed by atoms with Gasteiger partial charge in [0, 0.05) is 85.7 Å². The minimum atomic E-state index is -0.0647. The Hall–Kier alpha value is -6.41.